The Bertz CT molecular complexity index is 217. The number of ketones is 1. The molecule has 1 heteroatoms. The molecule has 0 aromatic heterocycles. The summed E-state index contributed by atoms with van der Waals surface area (Å²) in [5, 5.41) is 0. The fourth-order valence-electron chi connectivity index (χ4n) is 3.91. The van der Waals surface area contributed by atoms with E-state index in [4.69, 9.17) is 0 Å². The number of carbonyl (C=O) groups excluding carboxylic acids is 1. The first kappa shape index (κ1) is 6.22. The van der Waals surface area contributed by atoms with Crippen molar-refractivity contribution in [1.82, 2.24) is 0 Å². The minimum absolute atomic E-state index is 0.241. The summed E-state index contributed by atoms with van der Waals surface area (Å²) in [6.07, 6.45) is 7.44. The summed E-state index contributed by atoms with van der Waals surface area (Å²) in [5.74, 6) is 2.26. The largest absolute Gasteiger partial charge is 0.299 e. The Morgan fingerprint density at radius 2 is 2.18 bits per heavy atom. The van der Waals surface area contributed by atoms with Crippen LogP contribution in [0.2, 0.25) is 0 Å². The molecule has 3 saturated carbocycles. The van der Waals surface area contributed by atoms with Crippen molar-refractivity contribution in [1.29, 1.82) is 0 Å². The predicted octanol–water partition coefficient (Wildman–Crippen LogP) is 2.16. The molecule has 0 unspecified atom stereocenters. The van der Waals surface area contributed by atoms with Crippen molar-refractivity contribution < 1.29 is 4.79 Å². The third-order valence-electron chi connectivity index (χ3n) is 4.38. The minimum Gasteiger partial charge on any atom is -0.299 e. The Hall–Kier alpha value is -0.330. The molecule has 0 saturated heterocycles. The average Bonchev–Trinajstić information content (AvgIpc) is 2.54. The van der Waals surface area contributed by atoms with E-state index in [1.807, 2.05) is 0 Å². The van der Waals surface area contributed by atoms with Crippen molar-refractivity contribution in [3.63, 3.8) is 0 Å². The maximum Gasteiger partial charge on any atom is 0.139 e. The molecule has 0 radical (unpaired) electrons. The van der Waals surface area contributed by atoms with Crippen LogP contribution >= 0.6 is 0 Å². The van der Waals surface area contributed by atoms with E-state index in [0.29, 0.717) is 5.78 Å². The number of hydrogen-bond acceptors (Lipinski definition) is 1. The molecular formula is C10H14O. The van der Waals surface area contributed by atoms with E-state index in [1.54, 1.807) is 0 Å². The molecular weight excluding hydrogens is 136 g/mol. The van der Waals surface area contributed by atoms with Gasteiger partial charge >= 0.3 is 0 Å². The molecule has 0 aliphatic heterocycles. The van der Waals surface area contributed by atoms with Crippen LogP contribution in [0.25, 0.3) is 0 Å². The minimum atomic E-state index is 0.241. The molecule has 0 amide bonds. The Labute approximate surface area is 67.2 Å². The second-order valence-electron chi connectivity index (χ2n) is 4.58. The SMILES string of the molecule is O=C1C[C@H]2CC[C@@]13CCC[C@H]23. The fraction of sp³-hybridized carbons (Fsp3) is 0.900. The van der Waals surface area contributed by atoms with E-state index in [1.165, 1.54) is 32.1 Å². The van der Waals surface area contributed by atoms with Gasteiger partial charge in [-0.2, -0.15) is 0 Å². The first-order valence-corrected chi connectivity index (χ1v) is 4.86. The van der Waals surface area contributed by atoms with Crippen LogP contribution in [-0.2, 0) is 4.79 Å². The summed E-state index contributed by atoms with van der Waals surface area (Å²) in [7, 11) is 0. The molecule has 0 aromatic carbocycles. The van der Waals surface area contributed by atoms with Crippen LogP contribution in [-0.4, -0.2) is 5.78 Å². The Morgan fingerprint density at radius 1 is 1.27 bits per heavy atom. The van der Waals surface area contributed by atoms with Gasteiger partial charge < -0.3 is 0 Å². The zero-order chi connectivity index (χ0) is 7.47. The maximum atomic E-state index is 11.6. The van der Waals surface area contributed by atoms with E-state index in [-0.39, 0.29) is 5.41 Å². The molecule has 0 heterocycles. The highest BCUT2D eigenvalue weighted by molar-refractivity contribution is 5.89. The third-order valence-corrected chi connectivity index (χ3v) is 4.38. The lowest BCUT2D eigenvalue weighted by atomic mass is 9.80. The van der Waals surface area contributed by atoms with Crippen LogP contribution in [0.5, 0.6) is 0 Å². The number of Topliss-reactive ketones (excluding diaryl/α,β-unsaturated/α-hetero) is 1. The quantitative estimate of drug-likeness (QED) is 0.517. The van der Waals surface area contributed by atoms with Gasteiger partial charge in [0.1, 0.15) is 5.78 Å². The summed E-state index contributed by atoms with van der Waals surface area (Å²) in [5.41, 5.74) is 0.241. The van der Waals surface area contributed by atoms with Gasteiger partial charge in [0, 0.05) is 11.8 Å². The van der Waals surface area contributed by atoms with Gasteiger partial charge in [-0.15, -0.1) is 0 Å². The highest BCUT2D eigenvalue weighted by Gasteiger charge is 2.60. The average molecular weight is 150 g/mol. The fourth-order valence-corrected chi connectivity index (χ4v) is 3.91. The second kappa shape index (κ2) is 1.70. The lowest BCUT2D eigenvalue weighted by molar-refractivity contribution is -0.127. The van der Waals surface area contributed by atoms with Crippen LogP contribution in [0.4, 0.5) is 0 Å². The smallest absolute Gasteiger partial charge is 0.139 e. The molecule has 0 spiro atoms. The lowest BCUT2D eigenvalue weighted by Crippen LogP contribution is -2.25. The normalized spacial score (nSPS) is 53.6. The van der Waals surface area contributed by atoms with Crippen molar-refractivity contribution in [2.45, 2.75) is 38.5 Å². The van der Waals surface area contributed by atoms with Crippen LogP contribution < -0.4 is 0 Å². The van der Waals surface area contributed by atoms with E-state index < -0.39 is 0 Å². The lowest BCUT2D eigenvalue weighted by Gasteiger charge is -2.22. The van der Waals surface area contributed by atoms with Crippen molar-refractivity contribution in [3.05, 3.63) is 0 Å². The topological polar surface area (TPSA) is 17.1 Å². The standard InChI is InChI=1S/C10H14O/c11-9-6-7-3-5-10(9)4-1-2-8(7)10/h7-8H,1-6H2/t7-,8-,10-/m1/s1. The van der Waals surface area contributed by atoms with Gasteiger partial charge in [-0.25, -0.2) is 0 Å². The summed E-state index contributed by atoms with van der Waals surface area (Å²) in [4.78, 5) is 11.6. The van der Waals surface area contributed by atoms with Crippen molar-refractivity contribution in [3.8, 4) is 0 Å². The zero-order valence-corrected chi connectivity index (χ0v) is 6.81. The molecule has 1 nitrogen and oxygen atoms in total. The molecule has 0 N–H and O–H groups in total. The van der Waals surface area contributed by atoms with Gasteiger partial charge in [0.05, 0.1) is 0 Å². The van der Waals surface area contributed by atoms with Gasteiger partial charge in [0.15, 0.2) is 0 Å². The first-order chi connectivity index (χ1) is 5.33. The first-order valence-electron chi connectivity index (χ1n) is 4.86. The van der Waals surface area contributed by atoms with Crippen molar-refractivity contribution in [2.75, 3.05) is 0 Å². The second-order valence-corrected chi connectivity index (χ2v) is 4.58. The number of rotatable bonds is 0. The van der Waals surface area contributed by atoms with Gasteiger partial charge in [-0.3, -0.25) is 4.79 Å². The summed E-state index contributed by atoms with van der Waals surface area (Å²) >= 11 is 0. The number of carbonyl (C=O) groups is 1. The molecule has 60 valence electrons. The van der Waals surface area contributed by atoms with Crippen LogP contribution in [0.15, 0.2) is 0 Å². The summed E-state index contributed by atoms with van der Waals surface area (Å²) < 4.78 is 0. The van der Waals surface area contributed by atoms with E-state index in [9.17, 15) is 4.79 Å². The van der Waals surface area contributed by atoms with Crippen LogP contribution in [0.3, 0.4) is 0 Å². The molecule has 11 heavy (non-hydrogen) atoms. The van der Waals surface area contributed by atoms with Crippen molar-refractivity contribution in [2.24, 2.45) is 17.3 Å². The molecule has 3 atom stereocenters. The molecule has 3 aliphatic carbocycles. The highest BCUT2D eigenvalue weighted by Crippen LogP contribution is 2.63. The zero-order valence-electron chi connectivity index (χ0n) is 6.81. The van der Waals surface area contributed by atoms with Gasteiger partial charge in [-0.1, -0.05) is 6.42 Å². The van der Waals surface area contributed by atoms with E-state index in [0.717, 1.165) is 18.3 Å². The van der Waals surface area contributed by atoms with Crippen LogP contribution in [0, 0.1) is 17.3 Å². The maximum absolute atomic E-state index is 11.6. The van der Waals surface area contributed by atoms with E-state index in [2.05, 4.69) is 0 Å². The molecule has 3 rings (SSSR count). The third kappa shape index (κ3) is 0.533. The Balaban J connectivity index is 2.09. The molecule has 2 bridgehead atoms. The molecule has 3 fully saturated rings. The molecule has 3 aliphatic rings. The van der Waals surface area contributed by atoms with Gasteiger partial charge in [0.25, 0.3) is 0 Å². The Kier molecular flexibility index (Phi) is 0.961. The monoisotopic (exact) mass is 150 g/mol. The van der Waals surface area contributed by atoms with Gasteiger partial charge in [-0.05, 0) is 37.5 Å². The highest BCUT2D eigenvalue weighted by atomic mass is 16.1. The summed E-state index contributed by atoms with van der Waals surface area (Å²) in [6.45, 7) is 0. The van der Waals surface area contributed by atoms with Crippen molar-refractivity contribution >= 4 is 5.78 Å². The van der Waals surface area contributed by atoms with Crippen LogP contribution in [0.1, 0.15) is 38.5 Å². The predicted molar refractivity (Wildman–Crippen MR) is 42.1 cm³/mol. The Morgan fingerprint density at radius 3 is 2.91 bits per heavy atom. The van der Waals surface area contributed by atoms with Gasteiger partial charge in [0.2, 0.25) is 0 Å². The molecule has 0 aromatic rings. The summed E-state index contributed by atoms with van der Waals surface area (Å²) in [6, 6.07) is 0. The van der Waals surface area contributed by atoms with E-state index >= 15 is 0 Å². The number of hydrogen-bond donors (Lipinski definition) is 0.